The van der Waals surface area contributed by atoms with E-state index in [2.05, 4.69) is 5.32 Å². The van der Waals surface area contributed by atoms with E-state index in [0.29, 0.717) is 25.7 Å². The second-order valence-electron chi connectivity index (χ2n) is 6.09. The zero-order valence-corrected chi connectivity index (χ0v) is 14.2. The maximum Gasteiger partial charge on any atom is 0.220 e. The second-order valence-corrected chi connectivity index (χ2v) is 6.09. The molecule has 0 saturated heterocycles. The Morgan fingerprint density at radius 1 is 1.09 bits per heavy atom. The van der Waals surface area contributed by atoms with E-state index in [0.717, 1.165) is 30.8 Å². The number of rotatable bonds is 8. The van der Waals surface area contributed by atoms with E-state index in [1.807, 2.05) is 31.2 Å². The Balaban J connectivity index is 1.65. The maximum absolute atomic E-state index is 12.0. The Bertz CT molecular complexity index is 467. The molecule has 0 spiro atoms. The number of carbonyl (C=O) groups is 1. The van der Waals surface area contributed by atoms with Crippen molar-refractivity contribution in [1.29, 1.82) is 0 Å². The SMILES string of the molecule is CCOc1ccccc1OCCCC(=O)NC1CCCCCC1. The summed E-state index contributed by atoms with van der Waals surface area (Å²) in [6.07, 6.45) is 8.59. The molecule has 1 saturated carbocycles. The number of para-hydroxylation sites is 2. The van der Waals surface area contributed by atoms with Crippen LogP contribution in [-0.4, -0.2) is 25.2 Å². The van der Waals surface area contributed by atoms with Gasteiger partial charge in [-0.3, -0.25) is 4.79 Å². The lowest BCUT2D eigenvalue weighted by molar-refractivity contribution is -0.122. The number of amides is 1. The van der Waals surface area contributed by atoms with E-state index in [4.69, 9.17) is 9.47 Å². The molecule has 4 heteroatoms. The fourth-order valence-corrected chi connectivity index (χ4v) is 2.98. The highest BCUT2D eigenvalue weighted by Crippen LogP contribution is 2.26. The van der Waals surface area contributed by atoms with Gasteiger partial charge in [0.1, 0.15) is 0 Å². The smallest absolute Gasteiger partial charge is 0.220 e. The summed E-state index contributed by atoms with van der Waals surface area (Å²) in [5, 5.41) is 3.17. The van der Waals surface area contributed by atoms with Crippen LogP contribution >= 0.6 is 0 Å². The molecule has 0 aromatic heterocycles. The number of nitrogens with one attached hydrogen (secondary N) is 1. The number of benzene rings is 1. The van der Waals surface area contributed by atoms with Crippen LogP contribution in [0.2, 0.25) is 0 Å². The van der Waals surface area contributed by atoms with Gasteiger partial charge in [0.15, 0.2) is 11.5 Å². The van der Waals surface area contributed by atoms with Gasteiger partial charge in [0.25, 0.3) is 0 Å². The van der Waals surface area contributed by atoms with E-state index < -0.39 is 0 Å². The van der Waals surface area contributed by atoms with Crippen LogP contribution in [0.25, 0.3) is 0 Å². The Morgan fingerprint density at radius 3 is 2.39 bits per heavy atom. The number of carbonyl (C=O) groups excluding carboxylic acids is 1. The highest BCUT2D eigenvalue weighted by molar-refractivity contribution is 5.76. The number of hydrogen-bond donors (Lipinski definition) is 1. The van der Waals surface area contributed by atoms with Gasteiger partial charge in [-0.15, -0.1) is 0 Å². The van der Waals surface area contributed by atoms with Crippen LogP contribution < -0.4 is 14.8 Å². The monoisotopic (exact) mass is 319 g/mol. The third kappa shape index (κ3) is 6.51. The van der Waals surface area contributed by atoms with Crippen LogP contribution in [0.1, 0.15) is 58.3 Å². The van der Waals surface area contributed by atoms with Crippen molar-refractivity contribution in [2.45, 2.75) is 64.3 Å². The summed E-state index contributed by atoms with van der Waals surface area (Å²) in [6.45, 7) is 3.10. The van der Waals surface area contributed by atoms with Crippen LogP contribution in [0.3, 0.4) is 0 Å². The molecule has 1 N–H and O–H groups in total. The van der Waals surface area contributed by atoms with Crippen molar-refractivity contribution in [3.8, 4) is 11.5 Å². The summed E-state index contributed by atoms with van der Waals surface area (Å²) in [5.74, 6) is 1.66. The Morgan fingerprint density at radius 2 is 1.74 bits per heavy atom. The lowest BCUT2D eigenvalue weighted by Gasteiger charge is -2.16. The minimum atomic E-state index is 0.151. The molecular weight excluding hydrogens is 290 g/mol. The molecule has 1 amide bonds. The van der Waals surface area contributed by atoms with Crippen LogP contribution in [0, 0.1) is 0 Å². The molecular formula is C19H29NO3. The fourth-order valence-electron chi connectivity index (χ4n) is 2.98. The molecule has 0 unspecified atom stereocenters. The first-order valence-electron chi connectivity index (χ1n) is 8.93. The molecule has 23 heavy (non-hydrogen) atoms. The van der Waals surface area contributed by atoms with Gasteiger partial charge in [0.05, 0.1) is 13.2 Å². The molecule has 0 aliphatic heterocycles. The molecule has 0 heterocycles. The van der Waals surface area contributed by atoms with Gasteiger partial charge in [0.2, 0.25) is 5.91 Å². The van der Waals surface area contributed by atoms with Gasteiger partial charge in [-0.2, -0.15) is 0 Å². The Labute approximate surface area is 139 Å². The van der Waals surface area contributed by atoms with Crippen molar-refractivity contribution in [3.63, 3.8) is 0 Å². The summed E-state index contributed by atoms with van der Waals surface area (Å²) in [4.78, 5) is 12.0. The van der Waals surface area contributed by atoms with Crippen LogP contribution in [-0.2, 0) is 4.79 Å². The first-order valence-corrected chi connectivity index (χ1v) is 8.93. The Hall–Kier alpha value is -1.71. The second kappa shape index (κ2) is 10.1. The van der Waals surface area contributed by atoms with E-state index >= 15 is 0 Å². The van der Waals surface area contributed by atoms with Crippen molar-refractivity contribution in [1.82, 2.24) is 5.32 Å². The summed E-state index contributed by atoms with van der Waals surface area (Å²) in [7, 11) is 0. The summed E-state index contributed by atoms with van der Waals surface area (Å²) in [5.41, 5.74) is 0. The zero-order valence-electron chi connectivity index (χ0n) is 14.2. The van der Waals surface area contributed by atoms with Gasteiger partial charge in [0, 0.05) is 12.5 Å². The quantitative estimate of drug-likeness (QED) is 0.580. The standard InChI is InChI=1S/C19H29NO3/c1-2-22-17-12-7-8-13-18(17)23-15-9-14-19(21)20-16-10-5-3-4-6-11-16/h7-8,12-13,16H,2-6,9-11,14-15H2,1H3,(H,20,21). The summed E-state index contributed by atoms with van der Waals surface area (Å²) >= 11 is 0. The third-order valence-electron chi connectivity index (χ3n) is 4.18. The van der Waals surface area contributed by atoms with Crippen LogP contribution in [0.15, 0.2) is 24.3 Å². The highest BCUT2D eigenvalue weighted by Gasteiger charge is 2.14. The first kappa shape index (κ1) is 17.6. The molecule has 0 bridgehead atoms. The summed E-state index contributed by atoms with van der Waals surface area (Å²) in [6, 6.07) is 8.03. The molecule has 1 aliphatic carbocycles. The third-order valence-corrected chi connectivity index (χ3v) is 4.18. The lowest BCUT2D eigenvalue weighted by atomic mass is 10.1. The fraction of sp³-hybridized carbons (Fsp3) is 0.632. The van der Waals surface area contributed by atoms with Crippen molar-refractivity contribution < 1.29 is 14.3 Å². The van der Waals surface area contributed by atoms with Crippen molar-refractivity contribution >= 4 is 5.91 Å². The van der Waals surface area contributed by atoms with Crippen molar-refractivity contribution in [2.24, 2.45) is 0 Å². The molecule has 1 aromatic rings. The van der Waals surface area contributed by atoms with Gasteiger partial charge < -0.3 is 14.8 Å². The maximum atomic E-state index is 12.0. The first-order chi connectivity index (χ1) is 11.3. The molecule has 4 nitrogen and oxygen atoms in total. The van der Waals surface area contributed by atoms with Gasteiger partial charge in [-0.25, -0.2) is 0 Å². The number of ether oxygens (including phenoxy) is 2. The molecule has 0 atom stereocenters. The minimum Gasteiger partial charge on any atom is -0.490 e. The van der Waals surface area contributed by atoms with Crippen LogP contribution in [0.4, 0.5) is 0 Å². The molecule has 128 valence electrons. The zero-order chi connectivity index (χ0) is 16.3. The average Bonchev–Trinajstić information content (AvgIpc) is 2.82. The summed E-state index contributed by atoms with van der Waals surface area (Å²) < 4.78 is 11.3. The van der Waals surface area contributed by atoms with E-state index in [1.165, 1.54) is 25.7 Å². The van der Waals surface area contributed by atoms with Gasteiger partial charge >= 0.3 is 0 Å². The normalized spacial score (nSPS) is 15.7. The van der Waals surface area contributed by atoms with E-state index in [1.54, 1.807) is 0 Å². The lowest BCUT2D eigenvalue weighted by Crippen LogP contribution is -2.34. The molecule has 2 rings (SSSR count). The van der Waals surface area contributed by atoms with Gasteiger partial charge in [-0.1, -0.05) is 37.8 Å². The predicted octanol–water partition coefficient (Wildman–Crippen LogP) is 4.08. The molecule has 0 radical (unpaired) electrons. The van der Waals surface area contributed by atoms with E-state index in [9.17, 15) is 4.79 Å². The topological polar surface area (TPSA) is 47.6 Å². The average molecular weight is 319 g/mol. The van der Waals surface area contributed by atoms with Gasteiger partial charge in [-0.05, 0) is 38.3 Å². The van der Waals surface area contributed by atoms with Crippen molar-refractivity contribution in [3.05, 3.63) is 24.3 Å². The predicted molar refractivity (Wildman–Crippen MR) is 92.0 cm³/mol. The van der Waals surface area contributed by atoms with Crippen LogP contribution in [0.5, 0.6) is 11.5 Å². The molecule has 1 aromatic carbocycles. The Kier molecular flexibility index (Phi) is 7.78. The minimum absolute atomic E-state index is 0.151. The van der Waals surface area contributed by atoms with Crippen molar-refractivity contribution in [2.75, 3.05) is 13.2 Å². The molecule has 1 aliphatic rings. The van der Waals surface area contributed by atoms with E-state index in [-0.39, 0.29) is 5.91 Å². The number of hydrogen-bond acceptors (Lipinski definition) is 3. The highest BCUT2D eigenvalue weighted by atomic mass is 16.5. The molecule has 1 fully saturated rings. The largest absolute Gasteiger partial charge is 0.490 e.